The van der Waals surface area contributed by atoms with Crippen LogP contribution in [0.25, 0.3) is 15.8 Å². The smallest absolute Gasteiger partial charge is 0.150 e. The molecule has 1 saturated heterocycles. The summed E-state index contributed by atoms with van der Waals surface area (Å²) < 4.78 is 6.23. The van der Waals surface area contributed by atoms with Gasteiger partial charge in [0.2, 0.25) is 0 Å². The molecule has 1 aliphatic rings. The van der Waals surface area contributed by atoms with Gasteiger partial charge in [-0.2, -0.15) is 0 Å². The van der Waals surface area contributed by atoms with E-state index in [0.717, 1.165) is 59.0 Å². The van der Waals surface area contributed by atoms with E-state index in [1.807, 2.05) is 19.1 Å². The lowest BCUT2D eigenvalue weighted by Gasteiger charge is -2.32. The molecule has 0 aromatic carbocycles. The third kappa shape index (κ3) is 4.35. The molecule has 150 valence electrons. The fourth-order valence-corrected chi connectivity index (χ4v) is 4.56. The number of hydrogen-bond donors (Lipinski definition) is 3. The second-order valence-corrected chi connectivity index (χ2v) is 7.88. The Hall–Kier alpha value is -2.42. The zero-order chi connectivity index (χ0) is 20.1. The number of anilines is 1. The Morgan fingerprint density at radius 1 is 1.43 bits per heavy atom. The summed E-state index contributed by atoms with van der Waals surface area (Å²) >= 11 is 1.68. The van der Waals surface area contributed by atoms with Crippen molar-refractivity contribution < 1.29 is 4.74 Å². The maximum atomic E-state index is 6.07. The molecule has 0 radical (unpaired) electrons. The highest BCUT2D eigenvalue weighted by Crippen LogP contribution is 2.36. The minimum absolute atomic E-state index is 0.454. The van der Waals surface area contributed by atoms with Crippen LogP contribution in [0.3, 0.4) is 0 Å². The van der Waals surface area contributed by atoms with Crippen LogP contribution < -0.4 is 21.9 Å². The van der Waals surface area contributed by atoms with Crippen molar-refractivity contribution in [3.8, 4) is 0 Å². The molecule has 3 heterocycles. The van der Waals surface area contributed by atoms with Gasteiger partial charge in [0.1, 0.15) is 17.9 Å². The predicted octanol–water partition coefficient (Wildman–Crippen LogP) is 2.78. The van der Waals surface area contributed by atoms with E-state index < -0.39 is 0 Å². The van der Waals surface area contributed by atoms with Crippen molar-refractivity contribution in [2.45, 2.75) is 19.8 Å². The number of aromatic nitrogens is 2. The van der Waals surface area contributed by atoms with Gasteiger partial charge in [0.25, 0.3) is 0 Å². The Morgan fingerprint density at radius 3 is 2.82 bits per heavy atom. The van der Waals surface area contributed by atoms with E-state index in [0.29, 0.717) is 17.4 Å². The number of nitrogens with two attached hydrogens (primary N) is 2. The first-order chi connectivity index (χ1) is 13.6. The van der Waals surface area contributed by atoms with Crippen LogP contribution in [-0.2, 0) is 4.74 Å². The molecule has 3 rings (SSSR count). The van der Waals surface area contributed by atoms with E-state index in [2.05, 4.69) is 32.9 Å². The van der Waals surface area contributed by atoms with E-state index in [-0.39, 0.29) is 0 Å². The number of methoxy groups -OCH3 is 1. The second-order valence-electron chi connectivity index (χ2n) is 6.83. The van der Waals surface area contributed by atoms with Crippen molar-refractivity contribution in [3.05, 3.63) is 47.5 Å². The second kappa shape index (κ2) is 9.18. The molecule has 28 heavy (non-hydrogen) atoms. The van der Waals surface area contributed by atoms with Gasteiger partial charge >= 0.3 is 0 Å². The van der Waals surface area contributed by atoms with Crippen LogP contribution in [-0.4, -0.2) is 36.7 Å². The highest BCUT2D eigenvalue weighted by molar-refractivity contribution is 7.20. The molecule has 2 aromatic rings. The maximum Gasteiger partial charge on any atom is 0.150 e. The van der Waals surface area contributed by atoms with Gasteiger partial charge in [-0.3, -0.25) is 11.3 Å². The average Bonchev–Trinajstić information content (AvgIpc) is 3.16. The van der Waals surface area contributed by atoms with Crippen LogP contribution in [0.4, 0.5) is 5.82 Å². The normalized spacial score (nSPS) is 16.6. The van der Waals surface area contributed by atoms with Crippen molar-refractivity contribution in [3.63, 3.8) is 0 Å². The van der Waals surface area contributed by atoms with Gasteiger partial charge in [0.05, 0.1) is 23.0 Å². The van der Waals surface area contributed by atoms with Crippen molar-refractivity contribution in [1.29, 1.82) is 0 Å². The largest absolute Gasteiger partial charge is 0.495 e. The SMILES string of the molecule is C=C(OC)/C(N)=C\C(=C/C)c1cc2ncnc(N3CCC(CNN)CC3)c2s1. The topological polar surface area (TPSA) is 102 Å². The molecule has 0 atom stereocenters. The molecule has 5 N–H and O–H groups in total. The molecule has 0 bridgehead atoms. The number of nitrogens with one attached hydrogen (secondary N) is 1. The summed E-state index contributed by atoms with van der Waals surface area (Å²) in [6.45, 7) is 8.61. The number of nitrogens with zero attached hydrogens (tertiary/aromatic N) is 3. The van der Waals surface area contributed by atoms with Gasteiger partial charge in [-0.05, 0) is 43.4 Å². The van der Waals surface area contributed by atoms with Gasteiger partial charge in [-0.15, -0.1) is 11.3 Å². The fraction of sp³-hybridized carbons (Fsp3) is 0.400. The number of thiophene rings is 1. The van der Waals surface area contributed by atoms with E-state index in [4.69, 9.17) is 16.3 Å². The van der Waals surface area contributed by atoms with Gasteiger partial charge in [0.15, 0.2) is 0 Å². The molecule has 0 unspecified atom stereocenters. The summed E-state index contributed by atoms with van der Waals surface area (Å²) in [6.07, 6.45) is 7.76. The monoisotopic (exact) mass is 400 g/mol. The summed E-state index contributed by atoms with van der Waals surface area (Å²) in [5.74, 6) is 7.55. The average molecular weight is 401 g/mol. The zero-order valence-corrected chi connectivity index (χ0v) is 17.3. The molecule has 0 spiro atoms. The Morgan fingerprint density at radius 2 is 2.18 bits per heavy atom. The molecule has 0 saturated carbocycles. The highest BCUT2D eigenvalue weighted by atomic mass is 32.1. The number of rotatable bonds is 7. The molecular formula is C20H28N6OS. The first-order valence-electron chi connectivity index (χ1n) is 9.37. The Balaban J connectivity index is 1.88. The van der Waals surface area contributed by atoms with Gasteiger partial charge in [-0.25, -0.2) is 9.97 Å². The lowest BCUT2D eigenvalue weighted by molar-refractivity contribution is 0.302. The quantitative estimate of drug-likeness (QED) is 0.284. The number of allylic oxidation sites excluding steroid dienone is 3. The van der Waals surface area contributed by atoms with Crippen LogP contribution in [0.1, 0.15) is 24.6 Å². The standard InChI is InChI=1S/C20H28N6OS/c1-4-15(9-16(21)13(2)27-3)18-10-17-19(28-18)20(24-12-23-17)26-7-5-14(6-8-26)11-25-22/h4,9-10,12,14,25H,2,5-8,11,21-22H2,1,3H3/b15-4+,16-9+. The predicted molar refractivity (Wildman–Crippen MR) is 117 cm³/mol. The zero-order valence-electron chi connectivity index (χ0n) is 16.4. The van der Waals surface area contributed by atoms with Crippen molar-refractivity contribution >= 4 is 32.9 Å². The first kappa shape index (κ1) is 20.3. The molecular weight excluding hydrogens is 372 g/mol. The summed E-state index contributed by atoms with van der Waals surface area (Å²) in [4.78, 5) is 12.5. The molecule has 1 aliphatic heterocycles. The van der Waals surface area contributed by atoms with E-state index in [1.165, 1.54) is 0 Å². The van der Waals surface area contributed by atoms with Crippen LogP contribution >= 0.6 is 11.3 Å². The van der Waals surface area contributed by atoms with E-state index in [9.17, 15) is 0 Å². The van der Waals surface area contributed by atoms with Crippen LogP contribution in [0.5, 0.6) is 0 Å². The molecule has 7 nitrogen and oxygen atoms in total. The number of ether oxygens (including phenoxy) is 1. The maximum absolute atomic E-state index is 6.07. The summed E-state index contributed by atoms with van der Waals surface area (Å²) in [7, 11) is 1.56. The summed E-state index contributed by atoms with van der Waals surface area (Å²) in [5, 5.41) is 0. The molecule has 1 fully saturated rings. The third-order valence-corrected chi connectivity index (χ3v) is 6.26. The number of hydrazine groups is 1. The van der Waals surface area contributed by atoms with Gasteiger partial charge < -0.3 is 15.4 Å². The van der Waals surface area contributed by atoms with Gasteiger partial charge in [0, 0.05) is 24.5 Å². The lowest BCUT2D eigenvalue weighted by Crippen LogP contribution is -2.39. The number of piperidine rings is 1. The fourth-order valence-electron chi connectivity index (χ4n) is 3.39. The Labute approximate surface area is 169 Å². The highest BCUT2D eigenvalue weighted by Gasteiger charge is 2.22. The third-order valence-electron chi connectivity index (χ3n) is 5.09. The molecule has 0 amide bonds. The van der Waals surface area contributed by atoms with Crippen molar-refractivity contribution in [2.75, 3.05) is 31.6 Å². The van der Waals surface area contributed by atoms with Crippen LogP contribution in [0.2, 0.25) is 0 Å². The lowest BCUT2D eigenvalue weighted by atomic mass is 9.97. The van der Waals surface area contributed by atoms with Gasteiger partial charge in [-0.1, -0.05) is 12.7 Å². The molecule has 2 aromatic heterocycles. The summed E-state index contributed by atoms with van der Waals surface area (Å²) in [5.41, 5.74) is 11.3. The number of fused-ring (bicyclic) bond motifs is 1. The Kier molecular flexibility index (Phi) is 6.66. The molecule has 8 heteroatoms. The summed E-state index contributed by atoms with van der Waals surface area (Å²) in [6, 6.07) is 2.09. The van der Waals surface area contributed by atoms with Crippen LogP contribution in [0, 0.1) is 5.92 Å². The van der Waals surface area contributed by atoms with E-state index in [1.54, 1.807) is 24.8 Å². The van der Waals surface area contributed by atoms with Crippen molar-refractivity contribution in [2.24, 2.45) is 17.5 Å². The Bertz CT molecular complexity index is 895. The minimum atomic E-state index is 0.454. The minimum Gasteiger partial charge on any atom is -0.495 e. The van der Waals surface area contributed by atoms with E-state index >= 15 is 0 Å². The molecule has 0 aliphatic carbocycles. The first-order valence-corrected chi connectivity index (χ1v) is 10.2. The number of hydrogen-bond acceptors (Lipinski definition) is 8. The van der Waals surface area contributed by atoms with Crippen LogP contribution in [0.15, 0.2) is 42.6 Å². The van der Waals surface area contributed by atoms with Crippen molar-refractivity contribution in [1.82, 2.24) is 15.4 Å².